The first-order valence-corrected chi connectivity index (χ1v) is 11.7. The van der Waals surface area contributed by atoms with E-state index < -0.39 is 0 Å². The maximum Gasteiger partial charge on any atom is 0.256 e. The standard InChI is InChI=1S/C23H22ClN5O2S/c1-25-21(30)14-29-13-18(16-3-2-15(24)12-19(16)29)23(31)28-9-7-27(8-10-28)22-17-5-11-32-20(17)4-6-26-22/h2-6,11-13H,7-10,14H2,1H3,(H,25,30). The van der Waals surface area contributed by atoms with E-state index in [9.17, 15) is 9.59 Å². The monoisotopic (exact) mass is 467 g/mol. The summed E-state index contributed by atoms with van der Waals surface area (Å²) in [5, 5.41) is 7.23. The molecule has 0 bridgehead atoms. The maximum atomic E-state index is 13.4. The number of thiophene rings is 1. The molecule has 0 spiro atoms. The molecule has 1 aliphatic rings. The summed E-state index contributed by atoms with van der Waals surface area (Å²) in [6.07, 6.45) is 3.61. The summed E-state index contributed by atoms with van der Waals surface area (Å²) in [6.45, 7) is 2.78. The predicted octanol–water partition coefficient (Wildman–Crippen LogP) is 3.61. The van der Waals surface area contributed by atoms with Gasteiger partial charge in [-0.05, 0) is 29.6 Å². The van der Waals surface area contributed by atoms with Crippen molar-refractivity contribution >= 4 is 61.6 Å². The lowest BCUT2D eigenvalue weighted by Crippen LogP contribution is -2.49. The van der Waals surface area contributed by atoms with Gasteiger partial charge in [0, 0.05) is 66.1 Å². The van der Waals surface area contributed by atoms with E-state index in [0.717, 1.165) is 35.2 Å². The van der Waals surface area contributed by atoms with Crippen LogP contribution in [-0.4, -0.2) is 59.5 Å². The number of anilines is 1. The SMILES string of the molecule is CNC(=O)Cn1cc(C(=O)N2CCN(c3nccc4sccc34)CC2)c2ccc(Cl)cc21. The zero-order chi connectivity index (χ0) is 22.2. The molecule has 4 aromatic rings. The van der Waals surface area contributed by atoms with E-state index in [1.165, 1.54) is 4.70 Å². The summed E-state index contributed by atoms with van der Waals surface area (Å²) in [5.41, 5.74) is 1.36. The summed E-state index contributed by atoms with van der Waals surface area (Å²) < 4.78 is 3.00. The Morgan fingerprint density at radius 1 is 1.12 bits per heavy atom. The van der Waals surface area contributed by atoms with Gasteiger partial charge < -0.3 is 19.7 Å². The van der Waals surface area contributed by atoms with E-state index in [1.807, 2.05) is 23.2 Å². The van der Waals surface area contributed by atoms with Gasteiger partial charge in [-0.2, -0.15) is 0 Å². The molecule has 2 amide bonds. The quantitative estimate of drug-likeness (QED) is 0.497. The second-order valence-electron chi connectivity index (χ2n) is 7.75. The fourth-order valence-electron chi connectivity index (χ4n) is 4.22. The van der Waals surface area contributed by atoms with Crippen molar-refractivity contribution in [2.24, 2.45) is 0 Å². The van der Waals surface area contributed by atoms with Crippen LogP contribution in [0.2, 0.25) is 5.02 Å². The van der Waals surface area contributed by atoms with E-state index in [1.54, 1.807) is 41.3 Å². The van der Waals surface area contributed by atoms with E-state index in [-0.39, 0.29) is 18.4 Å². The van der Waals surface area contributed by atoms with E-state index >= 15 is 0 Å². The van der Waals surface area contributed by atoms with E-state index in [4.69, 9.17) is 11.6 Å². The number of nitrogens with zero attached hydrogens (tertiary/aromatic N) is 4. The van der Waals surface area contributed by atoms with Crippen molar-refractivity contribution in [3.63, 3.8) is 0 Å². The zero-order valence-electron chi connectivity index (χ0n) is 17.5. The van der Waals surface area contributed by atoms with Crippen LogP contribution < -0.4 is 10.2 Å². The molecule has 1 aliphatic heterocycles. The van der Waals surface area contributed by atoms with Gasteiger partial charge in [0.2, 0.25) is 5.91 Å². The number of hydrogen-bond donors (Lipinski definition) is 1. The Morgan fingerprint density at radius 2 is 1.94 bits per heavy atom. The van der Waals surface area contributed by atoms with Crippen molar-refractivity contribution in [2.45, 2.75) is 6.54 Å². The smallest absolute Gasteiger partial charge is 0.256 e. The number of benzene rings is 1. The fourth-order valence-corrected chi connectivity index (χ4v) is 5.17. The molecule has 0 unspecified atom stereocenters. The number of piperazine rings is 1. The third-order valence-corrected chi connectivity index (χ3v) is 7.01. The molecule has 7 nitrogen and oxygen atoms in total. The molecule has 0 aliphatic carbocycles. The molecule has 1 N–H and O–H groups in total. The first kappa shape index (κ1) is 20.8. The Hall–Kier alpha value is -3.10. The van der Waals surface area contributed by atoms with Gasteiger partial charge in [-0.1, -0.05) is 17.7 Å². The van der Waals surface area contributed by atoms with Crippen molar-refractivity contribution in [1.82, 2.24) is 19.8 Å². The minimum atomic E-state index is -0.135. The fraction of sp³-hybridized carbons (Fsp3) is 0.261. The Morgan fingerprint density at radius 3 is 2.72 bits per heavy atom. The van der Waals surface area contributed by atoms with Gasteiger partial charge in [0.15, 0.2) is 0 Å². The number of amides is 2. The Kier molecular flexibility index (Phi) is 5.48. The lowest BCUT2D eigenvalue weighted by molar-refractivity contribution is -0.121. The van der Waals surface area contributed by atoms with Crippen molar-refractivity contribution < 1.29 is 9.59 Å². The van der Waals surface area contributed by atoms with Crippen molar-refractivity contribution in [2.75, 3.05) is 38.1 Å². The highest BCUT2D eigenvalue weighted by atomic mass is 35.5. The molecule has 0 saturated carbocycles. The Bertz CT molecular complexity index is 1320. The van der Waals surface area contributed by atoms with Gasteiger partial charge in [0.25, 0.3) is 5.91 Å². The maximum absolute atomic E-state index is 13.4. The molecule has 0 atom stereocenters. The second kappa shape index (κ2) is 8.44. The average Bonchev–Trinajstić information content (AvgIpc) is 3.43. The number of carbonyl (C=O) groups is 2. The Balaban J connectivity index is 1.38. The van der Waals surface area contributed by atoms with Crippen LogP contribution in [0.25, 0.3) is 21.0 Å². The first-order valence-electron chi connectivity index (χ1n) is 10.4. The number of nitrogens with one attached hydrogen (secondary N) is 1. The first-order chi connectivity index (χ1) is 15.5. The van der Waals surface area contributed by atoms with E-state index in [0.29, 0.717) is 23.7 Å². The predicted molar refractivity (Wildman–Crippen MR) is 129 cm³/mol. The molecule has 4 heterocycles. The number of pyridine rings is 1. The third kappa shape index (κ3) is 3.69. The average molecular weight is 468 g/mol. The number of hydrogen-bond acceptors (Lipinski definition) is 5. The highest BCUT2D eigenvalue weighted by Gasteiger charge is 2.26. The summed E-state index contributed by atoms with van der Waals surface area (Å²) >= 11 is 7.89. The van der Waals surface area contributed by atoms with Crippen LogP contribution >= 0.6 is 22.9 Å². The molecule has 0 radical (unpaired) electrons. The zero-order valence-corrected chi connectivity index (χ0v) is 19.1. The number of halogens is 1. The molecule has 1 fully saturated rings. The Labute approximate surface area is 194 Å². The van der Waals surface area contributed by atoms with Gasteiger partial charge >= 0.3 is 0 Å². The minimum Gasteiger partial charge on any atom is -0.358 e. The molecule has 5 rings (SSSR count). The van der Waals surface area contributed by atoms with E-state index in [2.05, 4.69) is 26.6 Å². The normalized spacial score (nSPS) is 14.3. The second-order valence-corrected chi connectivity index (χ2v) is 9.14. The van der Waals surface area contributed by atoms with Gasteiger partial charge in [0.05, 0.1) is 11.1 Å². The molecule has 164 valence electrons. The van der Waals surface area contributed by atoms with Crippen LogP contribution in [0.1, 0.15) is 10.4 Å². The molecule has 32 heavy (non-hydrogen) atoms. The number of fused-ring (bicyclic) bond motifs is 2. The van der Waals surface area contributed by atoms with Crippen LogP contribution in [0.15, 0.2) is 48.1 Å². The molecular formula is C23H22ClN5O2S. The third-order valence-electron chi connectivity index (χ3n) is 5.89. The molecule has 9 heteroatoms. The number of carbonyl (C=O) groups excluding carboxylic acids is 2. The number of rotatable bonds is 4. The van der Waals surface area contributed by atoms with Crippen LogP contribution in [0.5, 0.6) is 0 Å². The highest BCUT2D eigenvalue weighted by molar-refractivity contribution is 7.17. The van der Waals surface area contributed by atoms with Gasteiger partial charge in [0.1, 0.15) is 12.4 Å². The molecule has 1 aromatic carbocycles. The van der Waals surface area contributed by atoms with Crippen LogP contribution in [-0.2, 0) is 11.3 Å². The summed E-state index contributed by atoms with van der Waals surface area (Å²) in [5.74, 6) is 0.812. The van der Waals surface area contributed by atoms with Gasteiger partial charge in [-0.15, -0.1) is 11.3 Å². The number of likely N-dealkylation sites (N-methyl/N-ethyl adjacent to an activating group) is 1. The topological polar surface area (TPSA) is 70.5 Å². The van der Waals surface area contributed by atoms with Crippen LogP contribution in [0, 0.1) is 0 Å². The van der Waals surface area contributed by atoms with Crippen molar-refractivity contribution in [1.29, 1.82) is 0 Å². The van der Waals surface area contributed by atoms with Crippen molar-refractivity contribution in [3.8, 4) is 0 Å². The largest absolute Gasteiger partial charge is 0.358 e. The van der Waals surface area contributed by atoms with Crippen LogP contribution in [0.4, 0.5) is 5.82 Å². The minimum absolute atomic E-state index is 0.0330. The number of aromatic nitrogens is 2. The molecular weight excluding hydrogens is 446 g/mol. The summed E-state index contributed by atoms with van der Waals surface area (Å²) in [4.78, 5) is 34.1. The van der Waals surface area contributed by atoms with Gasteiger partial charge in [-0.25, -0.2) is 4.98 Å². The summed E-state index contributed by atoms with van der Waals surface area (Å²) in [6, 6.07) is 9.55. The van der Waals surface area contributed by atoms with Gasteiger partial charge in [-0.3, -0.25) is 9.59 Å². The van der Waals surface area contributed by atoms with Crippen molar-refractivity contribution in [3.05, 3.63) is 58.7 Å². The molecule has 3 aromatic heterocycles. The highest BCUT2D eigenvalue weighted by Crippen LogP contribution is 2.30. The lowest BCUT2D eigenvalue weighted by atomic mass is 10.1. The lowest BCUT2D eigenvalue weighted by Gasteiger charge is -2.35. The summed E-state index contributed by atoms with van der Waals surface area (Å²) in [7, 11) is 1.60. The molecule has 1 saturated heterocycles. The van der Waals surface area contributed by atoms with Crippen LogP contribution in [0.3, 0.4) is 0 Å².